The predicted molar refractivity (Wildman–Crippen MR) is 106 cm³/mol. The molecule has 2 aromatic carbocycles. The molecule has 7 heteroatoms. The monoisotopic (exact) mass is 419 g/mol. The molecule has 0 spiro atoms. The standard InChI is InChI=1S/C23H24F3NO3/c1-15-7-8-17(19(13-15)22(29)30-2)14-21(28)27-11-9-16(10-12-27)18-5-3-4-6-20(18)23(24,25)26/h3-8,13,16H,9-12,14H2,1-2H3. The minimum Gasteiger partial charge on any atom is -0.465 e. The van der Waals surface area contributed by atoms with E-state index in [1.165, 1.54) is 19.2 Å². The van der Waals surface area contributed by atoms with Gasteiger partial charge in [0.25, 0.3) is 0 Å². The molecule has 0 bridgehead atoms. The number of carbonyl (C=O) groups excluding carboxylic acids is 2. The topological polar surface area (TPSA) is 46.6 Å². The maximum atomic E-state index is 13.3. The number of hydrogen-bond donors (Lipinski definition) is 0. The Kier molecular flexibility index (Phi) is 6.48. The van der Waals surface area contributed by atoms with Crippen molar-refractivity contribution in [1.82, 2.24) is 4.90 Å². The van der Waals surface area contributed by atoms with Crippen LogP contribution in [0.5, 0.6) is 0 Å². The molecule has 1 aliphatic heterocycles. The number of nitrogens with zero attached hydrogens (tertiary/aromatic N) is 1. The third-order valence-electron chi connectivity index (χ3n) is 5.57. The van der Waals surface area contributed by atoms with Gasteiger partial charge < -0.3 is 9.64 Å². The molecule has 1 saturated heterocycles. The number of hydrogen-bond acceptors (Lipinski definition) is 3. The van der Waals surface area contributed by atoms with E-state index in [9.17, 15) is 22.8 Å². The van der Waals surface area contributed by atoms with Crippen LogP contribution >= 0.6 is 0 Å². The van der Waals surface area contributed by atoms with Crippen molar-refractivity contribution in [3.05, 3.63) is 70.3 Å². The van der Waals surface area contributed by atoms with Crippen LogP contribution in [0.25, 0.3) is 0 Å². The molecule has 1 fully saturated rings. The summed E-state index contributed by atoms with van der Waals surface area (Å²) in [4.78, 5) is 26.5. The molecule has 0 aromatic heterocycles. The first-order valence-corrected chi connectivity index (χ1v) is 9.82. The van der Waals surface area contributed by atoms with Crippen molar-refractivity contribution in [2.45, 2.75) is 38.3 Å². The number of aryl methyl sites for hydroxylation is 1. The van der Waals surface area contributed by atoms with Crippen molar-refractivity contribution in [1.29, 1.82) is 0 Å². The predicted octanol–water partition coefficient (Wildman–Crippen LogP) is 4.75. The minimum atomic E-state index is -4.39. The van der Waals surface area contributed by atoms with Gasteiger partial charge in [-0.1, -0.05) is 35.9 Å². The summed E-state index contributed by atoms with van der Waals surface area (Å²) in [5.41, 5.74) is 1.53. The highest BCUT2D eigenvalue weighted by atomic mass is 19.4. The average Bonchev–Trinajstić information content (AvgIpc) is 2.74. The molecule has 3 rings (SSSR count). The number of amides is 1. The Hall–Kier alpha value is -2.83. The normalized spacial score (nSPS) is 15.2. The van der Waals surface area contributed by atoms with Gasteiger partial charge in [0.15, 0.2) is 0 Å². The molecule has 160 valence electrons. The van der Waals surface area contributed by atoms with Gasteiger partial charge in [0.1, 0.15) is 0 Å². The molecule has 0 atom stereocenters. The van der Waals surface area contributed by atoms with Crippen molar-refractivity contribution in [3.8, 4) is 0 Å². The number of benzene rings is 2. The van der Waals surface area contributed by atoms with Crippen LogP contribution in [-0.2, 0) is 22.1 Å². The fourth-order valence-corrected chi connectivity index (χ4v) is 3.97. The quantitative estimate of drug-likeness (QED) is 0.672. The summed E-state index contributed by atoms with van der Waals surface area (Å²) in [5, 5.41) is 0. The van der Waals surface area contributed by atoms with E-state index in [0.717, 1.165) is 11.6 Å². The van der Waals surface area contributed by atoms with Gasteiger partial charge in [-0.15, -0.1) is 0 Å². The lowest BCUT2D eigenvalue weighted by atomic mass is 9.86. The fraction of sp³-hybridized carbons (Fsp3) is 0.391. The van der Waals surface area contributed by atoms with Gasteiger partial charge in [-0.25, -0.2) is 4.79 Å². The highest BCUT2D eigenvalue weighted by Gasteiger charge is 2.36. The summed E-state index contributed by atoms with van der Waals surface area (Å²) < 4.78 is 44.7. The number of carbonyl (C=O) groups is 2. The molecule has 0 saturated carbocycles. The lowest BCUT2D eigenvalue weighted by molar-refractivity contribution is -0.139. The molecule has 2 aromatic rings. The van der Waals surface area contributed by atoms with Crippen LogP contribution in [0, 0.1) is 6.92 Å². The highest BCUT2D eigenvalue weighted by Crippen LogP contribution is 2.38. The Labute approximate surface area is 173 Å². The van der Waals surface area contributed by atoms with E-state index >= 15 is 0 Å². The van der Waals surface area contributed by atoms with E-state index in [1.807, 2.05) is 13.0 Å². The van der Waals surface area contributed by atoms with Gasteiger partial charge in [0.2, 0.25) is 5.91 Å². The molecule has 0 aliphatic carbocycles. The van der Waals surface area contributed by atoms with Crippen LogP contribution in [0.4, 0.5) is 13.2 Å². The maximum absolute atomic E-state index is 13.3. The van der Waals surface area contributed by atoms with Gasteiger partial charge in [0.05, 0.1) is 24.7 Å². The van der Waals surface area contributed by atoms with Crippen LogP contribution in [-0.4, -0.2) is 37.0 Å². The van der Waals surface area contributed by atoms with Crippen molar-refractivity contribution in [2.24, 2.45) is 0 Å². The van der Waals surface area contributed by atoms with Gasteiger partial charge in [-0.05, 0) is 48.9 Å². The lowest BCUT2D eigenvalue weighted by Gasteiger charge is -2.33. The van der Waals surface area contributed by atoms with E-state index in [1.54, 1.807) is 23.1 Å². The summed E-state index contributed by atoms with van der Waals surface area (Å²) in [6.45, 7) is 2.62. The number of halogens is 3. The van der Waals surface area contributed by atoms with Crippen molar-refractivity contribution in [3.63, 3.8) is 0 Å². The average molecular weight is 419 g/mol. The van der Waals surface area contributed by atoms with Crippen LogP contribution < -0.4 is 0 Å². The van der Waals surface area contributed by atoms with Gasteiger partial charge in [-0.3, -0.25) is 4.79 Å². The number of alkyl halides is 3. The molecule has 0 unspecified atom stereocenters. The summed E-state index contributed by atoms with van der Waals surface area (Å²) >= 11 is 0. The van der Waals surface area contributed by atoms with Crippen LogP contribution in [0.15, 0.2) is 42.5 Å². The highest BCUT2D eigenvalue weighted by molar-refractivity contribution is 5.93. The summed E-state index contributed by atoms with van der Waals surface area (Å²) in [5.74, 6) is -0.882. The zero-order valence-corrected chi connectivity index (χ0v) is 17.0. The third kappa shape index (κ3) is 4.83. The Morgan fingerprint density at radius 2 is 1.77 bits per heavy atom. The molecule has 4 nitrogen and oxygen atoms in total. The van der Waals surface area contributed by atoms with Crippen LogP contribution in [0.3, 0.4) is 0 Å². The molecule has 1 heterocycles. The summed E-state index contributed by atoms with van der Waals surface area (Å²) in [6.07, 6.45) is -3.40. The molecular formula is C23H24F3NO3. The van der Waals surface area contributed by atoms with E-state index in [0.29, 0.717) is 42.6 Å². The second kappa shape index (κ2) is 8.90. The van der Waals surface area contributed by atoms with Crippen LogP contribution in [0.1, 0.15) is 51.4 Å². The Morgan fingerprint density at radius 3 is 2.40 bits per heavy atom. The van der Waals surface area contributed by atoms with Crippen molar-refractivity contribution in [2.75, 3.05) is 20.2 Å². The maximum Gasteiger partial charge on any atom is 0.416 e. The van der Waals surface area contributed by atoms with Crippen molar-refractivity contribution >= 4 is 11.9 Å². The van der Waals surface area contributed by atoms with E-state index in [2.05, 4.69) is 0 Å². The second-order valence-corrected chi connectivity index (χ2v) is 7.57. The van der Waals surface area contributed by atoms with Gasteiger partial charge in [-0.2, -0.15) is 13.2 Å². The molecular weight excluding hydrogens is 395 g/mol. The van der Waals surface area contributed by atoms with E-state index < -0.39 is 17.7 Å². The molecule has 0 N–H and O–H groups in total. The number of rotatable bonds is 4. The summed E-state index contributed by atoms with van der Waals surface area (Å²) in [6, 6.07) is 10.9. The first-order valence-electron chi connectivity index (χ1n) is 9.82. The fourth-order valence-electron chi connectivity index (χ4n) is 3.97. The Bertz CT molecular complexity index is 932. The number of likely N-dealkylation sites (tertiary alicyclic amines) is 1. The largest absolute Gasteiger partial charge is 0.465 e. The lowest BCUT2D eigenvalue weighted by Crippen LogP contribution is -2.39. The third-order valence-corrected chi connectivity index (χ3v) is 5.57. The Morgan fingerprint density at radius 1 is 1.10 bits per heavy atom. The first kappa shape index (κ1) is 21.9. The van der Waals surface area contributed by atoms with E-state index in [-0.39, 0.29) is 18.2 Å². The number of methoxy groups -OCH3 is 1. The molecule has 1 amide bonds. The smallest absolute Gasteiger partial charge is 0.416 e. The number of esters is 1. The first-order chi connectivity index (χ1) is 14.2. The molecule has 1 aliphatic rings. The molecule has 30 heavy (non-hydrogen) atoms. The second-order valence-electron chi connectivity index (χ2n) is 7.57. The zero-order chi connectivity index (χ0) is 21.9. The molecule has 0 radical (unpaired) electrons. The van der Waals surface area contributed by atoms with Crippen molar-refractivity contribution < 1.29 is 27.5 Å². The van der Waals surface area contributed by atoms with Gasteiger partial charge >= 0.3 is 12.1 Å². The Balaban J connectivity index is 1.68. The zero-order valence-electron chi connectivity index (χ0n) is 17.0. The summed E-state index contributed by atoms with van der Waals surface area (Å²) in [7, 11) is 1.29. The number of piperidine rings is 1. The SMILES string of the molecule is COC(=O)c1cc(C)ccc1CC(=O)N1CCC(c2ccccc2C(F)(F)F)CC1. The minimum absolute atomic E-state index is 0.0501. The van der Waals surface area contributed by atoms with E-state index in [4.69, 9.17) is 4.74 Å². The van der Waals surface area contributed by atoms with Gasteiger partial charge in [0, 0.05) is 13.1 Å². The van der Waals surface area contributed by atoms with Crippen LogP contribution in [0.2, 0.25) is 0 Å². The number of ether oxygens (including phenoxy) is 1.